The van der Waals surface area contributed by atoms with Gasteiger partial charge in [0.2, 0.25) is 0 Å². The van der Waals surface area contributed by atoms with Gasteiger partial charge in [-0.05, 0) is 6.42 Å². The van der Waals surface area contributed by atoms with Gasteiger partial charge in [0.05, 0.1) is 6.61 Å². The molecule has 1 rings (SSSR count). The normalized spacial score (nSPS) is 29.2. The van der Waals surface area contributed by atoms with Crippen molar-refractivity contribution in [3.05, 3.63) is 0 Å². The van der Waals surface area contributed by atoms with Crippen molar-refractivity contribution in [2.45, 2.75) is 115 Å². The molecule has 5 atom stereocenters. The summed E-state index contributed by atoms with van der Waals surface area (Å²) in [4.78, 5) is 0. The van der Waals surface area contributed by atoms with Gasteiger partial charge in [-0.25, -0.2) is 0 Å². The third-order valence-electron chi connectivity index (χ3n) is 5.13. The molecule has 0 bridgehead atoms. The lowest BCUT2D eigenvalue weighted by atomic mass is 9.99. The molecular weight excluding hydrogens is 336 g/mol. The van der Waals surface area contributed by atoms with E-state index in [9.17, 15) is 15.3 Å². The molecule has 1 aliphatic rings. The molecule has 26 heavy (non-hydrogen) atoms. The fourth-order valence-electron chi connectivity index (χ4n) is 3.35. The average Bonchev–Trinajstić information content (AvgIpc) is 2.65. The fourth-order valence-corrected chi connectivity index (χ4v) is 3.35. The van der Waals surface area contributed by atoms with Crippen LogP contribution in [0.1, 0.15) is 84.0 Å². The lowest BCUT2D eigenvalue weighted by Gasteiger charge is -2.39. The van der Waals surface area contributed by atoms with E-state index in [0.717, 1.165) is 12.8 Å². The summed E-state index contributed by atoms with van der Waals surface area (Å²) < 4.78 is 10.8. The Balaban J connectivity index is 1.95. The smallest absolute Gasteiger partial charge is 0.186 e. The van der Waals surface area contributed by atoms with E-state index >= 15 is 0 Å². The molecule has 6 nitrogen and oxygen atoms in total. The minimum absolute atomic E-state index is 0.427. The van der Waals surface area contributed by atoms with Gasteiger partial charge in [-0.1, -0.05) is 77.6 Å². The fraction of sp³-hybridized carbons (Fsp3) is 1.00. The summed E-state index contributed by atoms with van der Waals surface area (Å²) >= 11 is 0. The number of aliphatic hydroxyl groups is 4. The molecule has 0 aromatic rings. The first kappa shape index (κ1) is 23.8. The molecule has 1 heterocycles. The van der Waals surface area contributed by atoms with Crippen molar-refractivity contribution in [2.24, 2.45) is 0 Å². The van der Waals surface area contributed by atoms with Crippen LogP contribution < -0.4 is 0 Å². The van der Waals surface area contributed by atoms with Crippen molar-refractivity contribution in [1.29, 1.82) is 0 Å². The number of aliphatic hydroxyl groups excluding tert-OH is 4. The number of rotatable bonds is 15. The van der Waals surface area contributed by atoms with Gasteiger partial charge in [0.15, 0.2) is 6.29 Å². The molecule has 6 heteroatoms. The SMILES string of the molecule is CCCCCCCCCCCCCCO[C@H]1O[C@@H](CO)[C@H](O)[C@@H](O)[C@@H]1O. The Kier molecular flexibility index (Phi) is 13.5. The highest BCUT2D eigenvalue weighted by atomic mass is 16.7. The van der Waals surface area contributed by atoms with E-state index in [-0.39, 0.29) is 0 Å². The molecule has 0 radical (unpaired) electrons. The first-order chi connectivity index (χ1) is 12.6. The molecule has 156 valence electrons. The molecule has 1 aliphatic heterocycles. The minimum Gasteiger partial charge on any atom is -0.394 e. The molecule has 0 aromatic heterocycles. The Hall–Kier alpha value is -0.240. The first-order valence-electron chi connectivity index (χ1n) is 10.5. The second-order valence-corrected chi connectivity index (χ2v) is 7.46. The van der Waals surface area contributed by atoms with Gasteiger partial charge in [0, 0.05) is 6.61 Å². The molecule has 0 aromatic carbocycles. The second-order valence-electron chi connectivity index (χ2n) is 7.46. The summed E-state index contributed by atoms with van der Waals surface area (Å²) in [6, 6.07) is 0. The lowest BCUT2D eigenvalue weighted by molar-refractivity contribution is -0.301. The van der Waals surface area contributed by atoms with Gasteiger partial charge in [0.25, 0.3) is 0 Å². The second kappa shape index (κ2) is 14.8. The van der Waals surface area contributed by atoms with Crippen LogP contribution >= 0.6 is 0 Å². The number of hydrogen-bond donors (Lipinski definition) is 4. The van der Waals surface area contributed by atoms with E-state index < -0.39 is 37.3 Å². The van der Waals surface area contributed by atoms with Crippen LogP contribution in [-0.4, -0.2) is 64.3 Å². The van der Waals surface area contributed by atoms with Crippen molar-refractivity contribution in [3.63, 3.8) is 0 Å². The summed E-state index contributed by atoms with van der Waals surface area (Å²) in [6.07, 6.45) is 9.21. The Morgan fingerprint density at radius 3 is 1.69 bits per heavy atom. The van der Waals surface area contributed by atoms with Crippen LogP contribution in [0.3, 0.4) is 0 Å². The van der Waals surface area contributed by atoms with E-state index in [1.54, 1.807) is 0 Å². The summed E-state index contributed by atoms with van der Waals surface area (Å²) in [5, 5.41) is 38.4. The molecule has 0 unspecified atom stereocenters. The average molecular weight is 377 g/mol. The van der Waals surface area contributed by atoms with Gasteiger partial charge in [-0.3, -0.25) is 0 Å². The molecule has 0 spiro atoms. The van der Waals surface area contributed by atoms with Crippen molar-refractivity contribution in [3.8, 4) is 0 Å². The molecular formula is C20H40O6. The topological polar surface area (TPSA) is 99.4 Å². The van der Waals surface area contributed by atoms with Crippen LogP contribution in [0.2, 0.25) is 0 Å². The predicted molar refractivity (Wildman–Crippen MR) is 101 cm³/mol. The summed E-state index contributed by atoms with van der Waals surface area (Å²) in [5.41, 5.74) is 0. The van der Waals surface area contributed by atoms with E-state index in [1.165, 1.54) is 64.2 Å². The van der Waals surface area contributed by atoms with E-state index in [4.69, 9.17) is 14.6 Å². The Labute approximate surface area is 158 Å². The highest BCUT2D eigenvalue weighted by molar-refractivity contribution is 4.88. The number of ether oxygens (including phenoxy) is 2. The summed E-state index contributed by atoms with van der Waals surface area (Å²) in [6.45, 7) is 2.25. The molecule has 4 N–H and O–H groups in total. The van der Waals surface area contributed by atoms with Gasteiger partial charge in [-0.2, -0.15) is 0 Å². The standard InChI is InChI=1S/C20H40O6/c1-2-3-4-5-6-7-8-9-10-11-12-13-14-25-20-19(24)18(23)17(22)16(15-21)26-20/h16-24H,2-15H2,1H3/t16-,17-,18+,19-,20-/m0/s1. The zero-order valence-corrected chi connectivity index (χ0v) is 16.4. The predicted octanol–water partition coefficient (Wildman–Crippen LogP) is 2.50. The molecule has 1 fully saturated rings. The van der Waals surface area contributed by atoms with Crippen molar-refractivity contribution in [2.75, 3.05) is 13.2 Å². The molecule has 0 amide bonds. The Bertz CT molecular complexity index is 325. The number of unbranched alkanes of at least 4 members (excludes halogenated alkanes) is 11. The Morgan fingerprint density at radius 1 is 0.692 bits per heavy atom. The van der Waals surface area contributed by atoms with Crippen molar-refractivity contribution < 1.29 is 29.9 Å². The van der Waals surface area contributed by atoms with Crippen LogP contribution in [0.25, 0.3) is 0 Å². The lowest BCUT2D eigenvalue weighted by Crippen LogP contribution is -2.59. The van der Waals surface area contributed by atoms with Gasteiger partial charge in [-0.15, -0.1) is 0 Å². The van der Waals surface area contributed by atoms with Crippen LogP contribution in [0.5, 0.6) is 0 Å². The van der Waals surface area contributed by atoms with Crippen molar-refractivity contribution >= 4 is 0 Å². The molecule has 1 saturated heterocycles. The van der Waals surface area contributed by atoms with E-state index in [0.29, 0.717) is 6.61 Å². The van der Waals surface area contributed by atoms with Crippen molar-refractivity contribution in [1.82, 2.24) is 0 Å². The highest BCUT2D eigenvalue weighted by Crippen LogP contribution is 2.22. The quantitative estimate of drug-likeness (QED) is 0.328. The molecule has 0 saturated carbocycles. The third-order valence-corrected chi connectivity index (χ3v) is 5.13. The van der Waals surface area contributed by atoms with Crippen LogP contribution in [0.15, 0.2) is 0 Å². The highest BCUT2D eigenvalue weighted by Gasteiger charge is 2.43. The van der Waals surface area contributed by atoms with E-state index in [2.05, 4.69) is 6.92 Å². The van der Waals surface area contributed by atoms with E-state index in [1.807, 2.05) is 0 Å². The molecule has 0 aliphatic carbocycles. The minimum atomic E-state index is -1.37. The monoisotopic (exact) mass is 376 g/mol. The maximum Gasteiger partial charge on any atom is 0.186 e. The van der Waals surface area contributed by atoms with Crippen LogP contribution in [0.4, 0.5) is 0 Å². The largest absolute Gasteiger partial charge is 0.394 e. The van der Waals surface area contributed by atoms with Gasteiger partial charge >= 0.3 is 0 Å². The third kappa shape index (κ3) is 9.11. The zero-order valence-electron chi connectivity index (χ0n) is 16.4. The maximum absolute atomic E-state index is 9.87. The zero-order chi connectivity index (χ0) is 19.2. The van der Waals surface area contributed by atoms with Crippen LogP contribution in [-0.2, 0) is 9.47 Å². The summed E-state index contributed by atoms with van der Waals surface area (Å²) in [7, 11) is 0. The first-order valence-corrected chi connectivity index (χ1v) is 10.5. The maximum atomic E-state index is 9.87. The van der Waals surface area contributed by atoms with Crippen LogP contribution in [0, 0.1) is 0 Å². The van der Waals surface area contributed by atoms with Gasteiger partial charge < -0.3 is 29.9 Å². The Morgan fingerprint density at radius 2 is 1.19 bits per heavy atom. The van der Waals surface area contributed by atoms with Gasteiger partial charge in [0.1, 0.15) is 24.4 Å². The number of hydrogen-bond acceptors (Lipinski definition) is 6. The summed E-state index contributed by atoms with van der Waals surface area (Å²) in [5.74, 6) is 0.